The Morgan fingerprint density at radius 3 is 1.06 bits per heavy atom. The van der Waals surface area contributed by atoms with E-state index in [2.05, 4.69) is 0 Å². The summed E-state index contributed by atoms with van der Waals surface area (Å²) in [5.41, 5.74) is 6.58. The van der Waals surface area contributed by atoms with Gasteiger partial charge in [-0.3, -0.25) is 4.89 Å². The summed E-state index contributed by atoms with van der Waals surface area (Å²) in [6.07, 6.45) is 0. The van der Waals surface area contributed by atoms with Gasteiger partial charge in [-0.15, -0.1) is 0 Å². The molecule has 0 atom stereocenters. The van der Waals surface area contributed by atoms with Crippen molar-refractivity contribution in [1.29, 1.82) is 0 Å². The van der Waals surface area contributed by atoms with Crippen LogP contribution in [0, 0.1) is 0 Å². The standard InChI is InChI=1S/C30H21O4P/c31-35(32)33-29-26(22-15-7-2-8-16-22)25(21-13-5-1-6-14-21)27(23-17-9-3-10-18-23)30(34-35)28(29)24-19-11-4-12-20-24/h1-20H,(H,31,32). The van der Waals surface area contributed by atoms with Gasteiger partial charge >= 0.3 is 7.82 Å². The van der Waals surface area contributed by atoms with Crippen LogP contribution in [0.5, 0.6) is 11.5 Å². The lowest BCUT2D eigenvalue weighted by Crippen LogP contribution is -2.12. The predicted octanol–water partition coefficient (Wildman–Crippen LogP) is 8.23. The summed E-state index contributed by atoms with van der Waals surface area (Å²) in [5.74, 6) is 0.682. The molecule has 0 aliphatic carbocycles. The van der Waals surface area contributed by atoms with Crippen molar-refractivity contribution < 1.29 is 18.5 Å². The highest BCUT2D eigenvalue weighted by Crippen LogP contribution is 2.65. The van der Waals surface area contributed by atoms with Crippen LogP contribution in [0.1, 0.15) is 0 Å². The van der Waals surface area contributed by atoms with Crippen molar-refractivity contribution >= 4 is 7.82 Å². The second-order valence-corrected chi connectivity index (χ2v) is 9.58. The number of rotatable bonds is 4. The van der Waals surface area contributed by atoms with Crippen molar-refractivity contribution in [1.82, 2.24) is 0 Å². The molecule has 0 unspecified atom stereocenters. The summed E-state index contributed by atoms with van der Waals surface area (Å²) in [7, 11) is -4.41. The molecule has 4 nitrogen and oxygen atoms in total. The molecular weight excluding hydrogens is 455 g/mol. The Hall–Kier alpha value is -4.11. The van der Waals surface area contributed by atoms with E-state index in [0.717, 1.165) is 38.9 Å². The van der Waals surface area contributed by atoms with Crippen LogP contribution in [0.3, 0.4) is 0 Å². The van der Waals surface area contributed by atoms with Gasteiger partial charge in [0.1, 0.15) is 0 Å². The third-order valence-corrected chi connectivity index (χ3v) is 6.90. The Bertz CT molecular complexity index is 1480. The molecule has 5 heteroatoms. The van der Waals surface area contributed by atoms with Crippen LogP contribution in [0.4, 0.5) is 0 Å². The molecule has 5 aromatic carbocycles. The zero-order valence-corrected chi connectivity index (χ0v) is 19.6. The molecule has 0 spiro atoms. The lowest BCUT2D eigenvalue weighted by molar-refractivity contribution is 0.283. The number of fused-ring (bicyclic) bond motifs is 2. The van der Waals surface area contributed by atoms with Crippen molar-refractivity contribution in [3.05, 3.63) is 121 Å². The largest absolute Gasteiger partial charge is 0.584 e. The first-order valence-electron chi connectivity index (χ1n) is 11.3. The zero-order chi connectivity index (χ0) is 23.8. The summed E-state index contributed by atoms with van der Waals surface area (Å²) < 4.78 is 24.6. The van der Waals surface area contributed by atoms with Crippen LogP contribution < -0.4 is 9.05 Å². The highest BCUT2D eigenvalue weighted by molar-refractivity contribution is 7.48. The van der Waals surface area contributed by atoms with E-state index >= 15 is 0 Å². The first-order valence-corrected chi connectivity index (χ1v) is 12.8. The van der Waals surface area contributed by atoms with Gasteiger partial charge in [-0.25, -0.2) is 4.57 Å². The molecule has 1 heterocycles. The summed E-state index contributed by atoms with van der Waals surface area (Å²) in [6.45, 7) is 0. The fourth-order valence-electron chi connectivity index (χ4n) is 4.66. The fourth-order valence-corrected chi connectivity index (χ4v) is 5.52. The minimum atomic E-state index is -4.41. The second kappa shape index (κ2) is 8.59. The number of phosphoric acid groups is 1. The highest BCUT2D eigenvalue weighted by Gasteiger charge is 2.41. The van der Waals surface area contributed by atoms with Crippen LogP contribution in [0.2, 0.25) is 0 Å². The maximum atomic E-state index is 13.0. The molecule has 1 aliphatic rings. The Balaban J connectivity index is 1.86. The van der Waals surface area contributed by atoms with Gasteiger partial charge in [0, 0.05) is 16.7 Å². The van der Waals surface area contributed by atoms with Gasteiger partial charge < -0.3 is 9.05 Å². The average Bonchev–Trinajstić information content (AvgIpc) is 2.89. The van der Waals surface area contributed by atoms with E-state index in [1.807, 2.05) is 121 Å². The second-order valence-electron chi connectivity index (χ2n) is 8.27. The molecule has 2 bridgehead atoms. The van der Waals surface area contributed by atoms with Gasteiger partial charge in [-0.1, -0.05) is 121 Å². The topological polar surface area (TPSA) is 55.8 Å². The van der Waals surface area contributed by atoms with Crippen molar-refractivity contribution in [3.63, 3.8) is 0 Å². The van der Waals surface area contributed by atoms with E-state index in [1.165, 1.54) is 0 Å². The number of hydrogen-bond acceptors (Lipinski definition) is 3. The molecule has 35 heavy (non-hydrogen) atoms. The summed E-state index contributed by atoms with van der Waals surface area (Å²) >= 11 is 0. The quantitative estimate of drug-likeness (QED) is 0.266. The molecule has 1 N–H and O–H groups in total. The van der Waals surface area contributed by atoms with Crippen LogP contribution in [-0.4, -0.2) is 4.89 Å². The maximum absolute atomic E-state index is 13.0. The molecule has 0 aromatic heterocycles. The zero-order valence-electron chi connectivity index (χ0n) is 18.7. The monoisotopic (exact) mass is 476 g/mol. The van der Waals surface area contributed by atoms with E-state index in [9.17, 15) is 9.46 Å². The van der Waals surface area contributed by atoms with E-state index in [-0.39, 0.29) is 0 Å². The van der Waals surface area contributed by atoms with Crippen LogP contribution in [-0.2, 0) is 4.57 Å². The van der Waals surface area contributed by atoms with E-state index < -0.39 is 7.82 Å². The molecule has 6 rings (SSSR count). The summed E-state index contributed by atoms with van der Waals surface area (Å²) in [6, 6.07) is 39.3. The Kier molecular flexibility index (Phi) is 5.26. The Labute approximate surface area is 203 Å². The third-order valence-electron chi connectivity index (χ3n) is 6.07. The normalized spacial score (nSPS) is 13.5. The van der Waals surface area contributed by atoms with Crippen LogP contribution >= 0.6 is 7.82 Å². The molecular formula is C30H21O4P. The number of hydrogen-bond donors (Lipinski definition) is 1. The molecule has 0 saturated heterocycles. The highest BCUT2D eigenvalue weighted by atomic mass is 31.2. The molecule has 0 saturated carbocycles. The lowest BCUT2D eigenvalue weighted by Gasteiger charge is -2.32. The molecule has 0 fully saturated rings. The van der Waals surface area contributed by atoms with E-state index in [0.29, 0.717) is 17.1 Å². The Morgan fingerprint density at radius 2 is 0.714 bits per heavy atom. The SMILES string of the molecule is O=P1(O)Oc2c(-c3ccccc3)c(c(-c3ccccc3)c(-c3ccccc3)c2-c2ccccc2)O1. The minimum Gasteiger partial charge on any atom is -0.394 e. The first-order chi connectivity index (χ1) is 17.1. The van der Waals surface area contributed by atoms with Gasteiger partial charge in [0.05, 0.1) is 5.56 Å². The maximum Gasteiger partial charge on any atom is 0.584 e. The fraction of sp³-hybridized carbons (Fsp3) is 0. The van der Waals surface area contributed by atoms with Gasteiger partial charge in [0.15, 0.2) is 11.5 Å². The molecule has 1 aliphatic heterocycles. The summed E-state index contributed by atoms with van der Waals surface area (Å²) in [4.78, 5) is 10.7. The third kappa shape index (κ3) is 3.83. The minimum absolute atomic E-state index is 0.341. The molecule has 0 amide bonds. The van der Waals surface area contributed by atoms with Crippen LogP contribution in [0.15, 0.2) is 121 Å². The number of benzene rings is 5. The smallest absolute Gasteiger partial charge is 0.394 e. The van der Waals surface area contributed by atoms with Gasteiger partial charge in [-0.2, -0.15) is 0 Å². The van der Waals surface area contributed by atoms with Gasteiger partial charge in [0.25, 0.3) is 0 Å². The molecule has 170 valence electrons. The van der Waals surface area contributed by atoms with Gasteiger partial charge in [0.2, 0.25) is 0 Å². The first kappa shape index (κ1) is 21.4. The van der Waals surface area contributed by atoms with Crippen molar-refractivity contribution in [2.24, 2.45) is 0 Å². The molecule has 5 aromatic rings. The Morgan fingerprint density at radius 1 is 0.429 bits per heavy atom. The van der Waals surface area contributed by atoms with Gasteiger partial charge in [-0.05, 0) is 22.3 Å². The van der Waals surface area contributed by atoms with Crippen molar-refractivity contribution in [2.45, 2.75) is 0 Å². The van der Waals surface area contributed by atoms with Crippen molar-refractivity contribution in [3.8, 4) is 56.0 Å². The predicted molar refractivity (Wildman–Crippen MR) is 139 cm³/mol. The lowest BCUT2D eigenvalue weighted by atomic mass is 9.83. The van der Waals surface area contributed by atoms with Crippen LogP contribution in [0.25, 0.3) is 44.5 Å². The van der Waals surface area contributed by atoms with E-state index in [1.54, 1.807) is 0 Å². The summed E-state index contributed by atoms with van der Waals surface area (Å²) in [5, 5.41) is 0. The number of phosphoric ester groups is 1. The van der Waals surface area contributed by atoms with Crippen molar-refractivity contribution in [2.75, 3.05) is 0 Å². The van der Waals surface area contributed by atoms with E-state index in [4.69, 9.17) is 9.05 Å². The molecule has 0 radical (unpaired) electrons. The average molecular weight is 476 g/mol.